The van der Waals surface area contributed by atoms with Crippen molar-refractivity contribution in [2.24, 2.45) is 5.41 Å². The molecule has 0 radical (unpaired) electrons. The van der Waals surface area contributed by atoms with E-state index < -0.39 is 5.41 Å². The number of hydrogen-bond donors (Lipinski definition) is 2. The summed E-state index contributed by atoms with van der Waals surface area (Å²) in [6.07, 6.45) is 5.49. The Labute approximate surface area is 232 Å². The molecule has 40 heavy (non-hydrogen) atoms. The largest absolute Gasteiger partial charge is 0.496 e. The van der Waals surface area contributed by atoms with Crippen LogP contribution in [0.5, 0.6) is 5.75 Å². The molecule has 2 aromatic heterocycles. The quantitative estimate of drug-likeness (QED) is 0.259. The highest BCUT2D eigenvalue weighted by atomic mass is 16.5. The number of ether oxygens (including phenoxy) is 2. The summed E-state index contributed by atoms with van der Waals surface area (Å²) in [6.45, 7) is 5.84. The maximum atomic E-state index is 12.7. The van der Waals surface area contributed by atoms with E-state index in [4.69, 9.17) is 20.3 Å². The van der Waals surface area contributed by atoms with Crippen molar-refractivity contribution in [1.82, 2.24) is 25.1 Å². The van der Waals surface area contributed by atoms with Crippen molar-refractivity contribution < 1.29 is 19.1 Å². The van der Waals surface area contributed by atoms with Crippen LogP contribution in [-0.4, -0.2) is 44.8 Å². The van der Waals surface area contributed by atoms with Crippen LogP contribution >= 0.6 is 0 Å². The van der Waals surface area contributed by atoms with Crippen molar-refractivity contribution in [3.63, 3.8) is 0 Å². The smallest absolute Gasteiger partial charge is 0.311 e. The highest BCUT2D eigenvalue weighted by Gasteiger charge is 2.31. The first-order valence-corrected chi connectivity index (χ1v) is 13.0. The summed E-state index contributed by atoms with van der Waals surface area (Å²) in [7, 11) is 1.54. The fourth-order valence-electron chi connectivity index (χ4n) is 4.55. The zero-order chi connectivity index (χ0) is 28.4. The molecule has 2 atom stereocenters. The number of fused-ring (bicyclic) bond motifs is 1. The van der Waals surface area contributed by atoms with Crippen LogP contribution in [0.15, 0.2) is 67.0 Å². The van der Waals surface area contributed by atoms with Crippen LogP contribution in [0.2, 0.25) is 0 Å². The van der Waals surface area contributed by atoms with Gasteiger partial charge in [-0.25, -0.2) is 14.6 Å². The Kier molecular flexibility index (Phi) is 7.25. The number of esters is 1. The predicted octanol–water partition coefficient (Wildman–Crippen LogP) is 4.47. The van der Waals surface area contributed by atoms with E-state index in [1.165, 1.54) is 13.4 Å². The molecule has 2 heterocycles. The van der Waals surface area contributed by atoms with Gasteiger partial charge in [-0.05, 0) is 44.5 Å². The summed E-state index contributed by atoms with van der Waals surface area (Å²) < 4.78 is 12.8. The van der Waals surface area contributed by atoms with E-state index in [0.29, 0.717) is 46.8 Å². The number of methoxy groups -OCH3 is 1. The second-order valence-electron chi connectivity index (χ2n) is 10.7. The van der Waals surface area contributed by atoms with Gasteiger partial charge >= 0.3 is 5.97 Å². The molecule has 10 nitrogen and oxygen atoms in total. The van der Waals surface area contributed by atoms with Gasteiger partial charge in [-0.2, -0.15) is 5.10 Å². The van der Waals surface area contributed by atoms with Crippen LogP contribution in [0.1, 0.15) is 49.2 Å². The molecule has 0 saturated carbocycles. The number of nitrogens with one attached hydrogen (secondary N) is 1. The third-order valence-corrected chi connectivity index (χ3v) is 6.76. The lowest BCUT2D eigenvalue weighted by Gasteiger charge is -2.20. The normalized spacial score (nSPS) is 16.7. The van der Waals surface area contributed by atoms with Crippen molar-refractivity contribution in [3.05, 3.63) is 78.1 Å². The summed E-state index contributed by atoms with van der Waals surface area (Å²) in [5.41, 5.74) is 9.20. The molecule has 2 aromatic carbocycles. The van der Waals surface area contributed by atoms with Crippen LogP contribution in [0.4, 0.5) is 5.82 Å². The Morgan fingerprint density at radius 1 is 1.07 bits per heavy atom. The number of para-hydroxylation sites is 1. The number of nitrogen functional groups attached to an aromatic ring is 1. The number of benzene rings is 2. The van der Waals surface area contributed by atoms with Gasteiger partial charge in [0.25, 0.3) is 5.91 Å². The van der Waals surface area contributed by atoms with Crippen molar-refractivity contribution in [3.8, 4) is 17.0 Å². The number of nitrogens with two attached hydrogens (primary N) is 1. The maximum absolute atomic E-state index is 12.7. The minimum atomic E-state index is -0.581. The lowest BCUT2D eigenvalue weighted by molar-refractivity contribution is -0.156. The third-order valence-electron chi connectivity index (χ3n) is 6.76. The van der Waals surface area contributed by atoms with Gasteiger partial charge in [0.1, 0.15) is 29.7 Å². The van der Waals surface area contributed by atoms with E-state index in [-0.39, 0.29) is 24.0 Å². The second kappa shape index (κ2) is 10.8. The average Bonchev–Trinajstić information content (AvgIpc) is 3.57. The number of rotatable bonds is 7. The number of allylic oxidation sites excluding steroid dienone is 1. The van der Waals surface area contributed by atoms with E-state index in [1.807, 2.05) is 67.9 Å². The van der Waals surface area contributed by atoms with Gasteiger partial charge < -0.3 is 20.5 Å². The number of carbonyl (C=O) groups excluding carboxylic acids is 2. The molecule has 0 saturated heterocycles. The molecule has 0 bridgehead atoms. The summed E-state index contributed by atoms with van der Waals surface area (Å²) in [5.74, 6) is 0.386. The predicted molar refractivity (Wildman–Crippen MR) is 151 cm³/mol. The first kappa shape index (κ1) is 26.9. The Morgan fingerprint density at radius 3 is 2.55 bits per heavy atom. The van der Waals surface area contributed by atoms with Gasteiger partial charge in [-0.1, -0.05) is 42.5 Å². The van der Waals surface area contributed by atoms with Crippen LogP contribution in [-0.2, 0) is 16.1 Å². The SMILES string of the molecule is COc1ccccc1C(=O)NCc1ccc(-c2nn([C@@H]3C=C[C@@H](OC(=O)C(C)(C)C)C3)c3ncnc(N)c23)cc1. The van der Waals surface area contributed by atoms with Gasteiger partial charge in [0, 0.05) is 18.5 Å². The number of aromatic nitrogens is 4. The third kappa shape index (κ3) is 5.38. The average molecular weight is 541 g/mol. The molecule has 0 unspecified atom stereocenters. The monoisotopic (exact) mass is 540 g/mol. The van der Waals surface area contributed by atoms with Gasteiger partial charge in [-0.15, -0.1) is 0 Å². The lowest BCUT2D eigenvalue weighted by atomic mass is 9.97. The summed E-state index contributed by atoms with van der Waals surface area (Å²) >= 11 is 0. The van der Waals surface area contributed by atoms with Crippen molar-refractivity contribution >= 4 is 28.7 Å². The fourth-order valence-corrected chi connectivity index (χ4v) is 4.55. The molecule has 1 aliphatic rings. The summed E-state index contributed by atoms with van der Waals surface area (Å²) in [4.78, 5) is 33.7. The number of carbonyl (C=O) groups is 2. The van der Waals surface area contributed by atoms with Crippen molar-refractivity contribution in [1.29, 1.82) is 0 Å². The Bertz CT molecular complexity index is 1590. The number of amides is 1. The number of nitrogens with zero attached hydrogens (tertiary/aromatic N) is 4. The first-order chi connectivity index (χ1) is 19.2. The fraction of sp³-hybridized carbons (Fsp3) is 0.300. The molecule has 206 valence electrons. The van der Waals surface area contributed by atoms with E-state index in [1.54, 1.807) is 18.2 Å². The molecule has 0 fully saturated rings. The van der Waals surface area contributed by atoms with Crippen molar-refractivity contribution in [2.45, 2.75) is 45.9 Å². The van der Waals surface area contributed by atoms with Crippen LogP contribution in [0, 0.1) is 5.41 Å². The molecule has 3 N–H and O–H groups in total. The molecular formula is C30H32N6O4. The van der Waals surface area contributed by atoms with E-state index in [9.17, 15) is 9.59 Å². The zero-order valence-electron chi connectivity index (χ0n) is 22.9. The van der Waals surface area contributed by atoms with Crippen LogP contribution in [0.25, 0.3) is 22.3 Å². The topological polar surface area (TPSA) is 134 Å². The molecule has 4 aromatic rings. The molecule has 10 heteroatoms. The van der Waals surface area contributed by atoms with E-state index in [0.717, 1.165) is 11.1 Å². The Morgan fingerprint density at radius 2 is 1.82 bits per heavy atom. The van der Waals surface area contributed by atoms with Gasteiger partial charge in [0.05, 0.1) is 29.5 Å². The summed E-state index contributed by atoms with van der Waals surface area (Å²) in [5, 5.41) is 8.48. The Balaban J connectivity index is 1.35. The maximum Gasteiger partial charge on any atom is 0.311 e. The highest BCUT2D eigenvalue weighted by molar-refractivity contribution is 5.98. The molecule has 1 amide bonds. The number of hydrogen-bond acceptors (Lipinski definition) is 8. The van der Waals surface area contributed by atoms with Gasteiger partial charge in [0.2, 0.25) is 0 Å². The Hall–Kier alpha value is -4.73. The molecule has 0 aliphatic heterocycles. The minimum Gasteiger partial charge on any atom is -0.496 e. The minimum absolute atomic E-state index is 0.159. The van der Waals surface area contributed by atoms with Gasteiger partial charge in [-0.3, -0.25) is 9.59 Å². The van der Waals surface area contributed by atoms with Crippen molar-refractivity contribution in [2.75, 3.05) is 12.8 Å². The van der Waals surface area contributed by atoms with Gasteiger partial charge in [0.15, 0.2) is 5.65 Å². The standard InChI is InChI=1S/C30H32N6O4/c1-30(2,3)29(38)40-21-14-13-20(15-21)36-27-24(26(31)33-17-34-27)25(35-36)19-11-9-18(10-12-19)16-32-28(37)22-7-5-6-8-23(22)39-4/h5-14,17,20-21H,15-16H2,1-4H3,(H,32,37)(H2,31,33,34)/t20-,21-/m1/s1. The van der Waals surface area contributed by atoms with E-state index >= 15 is 0 Å². The second-order valence-corrected chi connectivity index (χ2v) is 10.7. The first-order valence-electron chi connectivity index (χ1n) is 13.0. The zero-order valence-corrected chi connectivity index (χ0v) is 22.9. The highest BCUT2D eigenvalue weighted by Crippen LogP contribution is 2.35. The summed E-state index contributed by atoms with van der Waals surface area (Å²) in [6, 6.07) is 14.7. The molecular weight excluding hydrogens is 508 g/mol. The van der Waals surface area contributed by atoms with Crippen LogP contribution in [0.3, 0.4) is 0 Å². The number of anilines is 1. The van der Waals surface area contributed by atoms with Crippen LogP contribution < -0.4 is 15.8 Å². The molecule has 1 aliphatic carbocycles. The molecule has 5 rings (SSSR count). The lowest BCUT2D eigenvalue weighted by Crippen LogP contribution is -2.27. The molecule has 0 spiro atoms. The van der Waals surface area contributed by atoms with E-state index in [2.05, 4.69) is 15.3 Å².